The zero-order valence-electron chi connectivity index (χ0n) is 10.2. The van der Waals surface area contributed by atoms with Gasteiger partial charge in [0.1, 0.15) is 0 Å². The van der Waals surface area contributed by atoms with Crippen molar-refractivity contribution in [2.24, 2.45) is 7.05 Å². The molecule has 84 valence electrons. The quantitative estimate of drug-likeness (QED) is 0.716. The number of rotatable bonds is 1. The molecule has 2 heteroatoms. The first kappa shape index (κ1) is 10.9. The van der Waals surface area contributed by atoms with Gasteiger partial charge in [0, 0.05) is 18.0 Å². The highest BCUT2D eigenvalue weighted by Crippen LogP contribution is 2.25. The van der Waals surface area contributed by atoms with E-state index < -0.39 is 0 Å². The number of fused-ring (bicyclic) bond motifs is 1. The monoisotopic (exact) mass is 215 g/mol. The number of para-hydroxylation sites is 1. The van der Waals surface area contributed by atoms with Gasteiger partial charge >= 0.3 is 0 Å². The molecule has 0 fully saturated rings. The molecule has 0 radical (unpaired) electrons. The average molecular weight is 215 g/mol. The predicted molar refractivity (Wildman–Crippen MR) is 68.0 cm³/mol. The molecule has 0 atom stereocenters. The molecule has 0 aliphatic rings. The molecule has 0 unspecified atom stereocenters. The van der Waals surface area contributed by atoms with Gasteiger partial charge < -0.3 is 4.57 Å². The lowest BCUT2D eigenvalue weighted by atomic mass is 9.94. The van der Waals surface area contributed by atoms with Crippen molar-refractivity contribution in [3.05, 3.63) is 45.7 Å². The standard InChI is InChI=1S/C14H17NO/c1-9(2)13-10(3)14(16)15(4)12-8-6-5-7-11(12)13/h5-9H,1-4H3. The fraction of sp³-hybridized carbons (Fsp3) is 0.357. The van der Waals surface area contributed by atoms with Crippen LogP contribution in [0.5, 0.6) is 0 Å². The van der Waals surface area contributed by atoms with Crippen LogP contribution < -0.4 is 5.56 Å². The second kappa shape index (κ2) is 3.78. The molecule has 1 aromatic carbocycles. The maximum Gasteiger partial charge on any atom is 0.253 e. The number of aryl methyl sites for hydroxylation is 1. The Bertz CT molecular complexity index is 593. The van der Waals surface area contributed by atoms with E-state index in [4.69, 9.17) is 0 Å². The Labute approximate surface area is 95.5 Å². The number of benzene rings is 1. The lowest BCUT2D eigenvalue weighted by Crippen LogP contribution is -2.22. The summed E-state index contributed by atoms with van der Waals surface area (Å²) >= 11 is 0. The lowest BCUT2D eigenvalue weighted by Gasteiger charge is -2.15. The summed E-state index contributed by atoms with van der Waals surface area (Å²) in [6, 6.07) is 8.10. The minimum atomic E-state index is 0.113. The maximum absolute atomic E-state index is 12.1. The highest BCUT2D eigenvalue weighted by Gasteiger charge is 2.13. The Balaban J connectivity index is 3.04. The molecular formula is C14H17NO. The number of hydrogen-bond acceptors (Lipinski definition) is 1. The third-order valence-corrected chi connectivity index (χ3v) is 3.16. The first-order chi connectivity index (χ1) is 7.54. The third-order valence-electron chi connectivity index (χ3n) is 3.16. The average Bonchev–Trinajstić information content (AvgIpc) is 2.26. The van der Waals surface area contributed by atoms with Crippen molar-refractivity contribution < 1.29 is 0 Å². The van der Waals surface area contributed by atoms with Gasteiger partial charge in [0.2, 0.25) is 0 Å². The van der Waals surface area contributed by atoms with Crippen LogP contribution in [0.15, 0.2) is 29.1 Å². The Morgan fingerprint density at radius 1 is 1.19 bits per heavy atom. The van der Waals surface area contributed by atoms with Crippen LogP contribution in [0, 0.1) is 6.92 Å². The summed E-state index contributed by atoms with van der Waals surface area (Å²) in [5.74, 6) is 0.374. The predicted octanol–water partition coefficient (Wildman–Crippen LogP) is 2.97. The van der Waals surface area contributed by atoms with E-state index in [9.17, 15) is 4.79 Å². The Morgan fingerprint density at radius 3 is 2.44 bits per heavy atom. The van der Waals surface area contributed by atoms with Crippen molar-refractivity contribution >= 4 is 10.9 Å². The van der Waals surface area contributed by atoms with E-state index in [1.807, 2.05) is 32.2 Å². The SMILES string of the molecule is Cc1c(C(C)C)c2ccccc2n(C)c1=O. The molecule has 1 aromatic heterocycles. The minimum Gasteiger partial charge on any atom is -0.311 e. The van der Waals surface area contributed by atoms with Crippen LogP contribution in [0.3, 0.4) is 0 Å². The van der Waals surface area contributed by atoms with E-state index in [-0.39, 0.29) is 5.56 Å². The van der Waals surface area contributed by atoms with Crippen molar-refractivity contribution in [3.63, 3.8) is 0 Å². The zero-order valence-corrected chi connectivity index (χ0v) is 10.2. The van der Waals surface area contributed by atoms with Gasteiger partial charge in [0.15, 0.2) is 0 Å². The van der Waals surface area contributed by atoms with Gasteiger partial charge in [0.05, 0.1) is 5.52 Å². The van der Waals surface area contributed by atoms with Crippen molar-refractivity contribution in [1.29, 1.82) is 0 Å². The van der Waals surface area contributed by atoms with Crippen LogP contribution in [0.4, 0.5) is 0 Å². The van der Waals surface area contributed by atoms with E-state index in [2.05, 4.69) is 19.9 Å². The molecule has 0 saturated carbocycles. The number of pyridine rings is 1. The summed E-state index contributed by atoms with van der Waals surface area (Å²) in [5, 5.41) is 1.19. The Morgan fingerprint density at radius 2 is 1.81 bits per heavy atom. The second-order valence-corrected chi connectivity index (χ2v) is 4.57. The van der Waals surface area contributed by atoms with Crippen LogP contribution in [0.25, 0.3) is 10.9 Å². The minimum absolute atomic E-state index is 0.113. The normalized spacial score (nSPS) is 11.3. The van der Waals surface area contributed by atoms with Crippen LogP contribution >= 0.6 is 0 Å². The van der Waals surface area contributed by atoms with E-state index in [0.717, 1.165) is 11.1 Å². The summed E-state index contributed by atoms with van der Waals surface area (Å²) < 4.78 is 1.73. The van der Waals surface area contributed by atoms with Crippen LogP contribution in [-0.2, 0) is 7.05 Å². The van der Waals surface area contributed by atoms with Crippen molar-refractivity contribution in [2.75, 3.05) is 0 Å². The zero-order chi connectivity index (χ0) is 11.9. The first-order valence-electron chi connectivity index (χ1n) is 5.62. The lowest BCUT2D eigenvalue weighted by molar-refractivity contribution is 0.829. The van der Waals surface area contributed by atoms with E-state index >= 15 is 0 Å². The summed E-state index contributed by atoms with van der Waals surface area (Å²) in [5.41, 5.74) is 3.18. The summed E-state index contributed by atoms with van der Waals surface area (Å²) in [7, 11) is 1.84. The third kappa shape index (κ3) is 1.45. The summed E-state index contributed by atoms with van der Waals surface area (Å²) in [6.07, 6.45) is 0. The Hall–Kier alpha value is -1.57. The van der Waals surface area contributed by atoms with Crippen LogP contribution in [-0.4, -0.2) is 4.57 Å². The molecule has 2 aromatic rings. The highest BCUT2D eigenvalue weighted by molar-refractivity contribution is 5.84. The molecular weight excluding hydrogens is 198 g/mol. The summed E-state index contributed by atoms with van der Waals surface area (Å²) in [6.45, 7) is 6.19. The highest BCUT2D eigenvalue weighted by atomic mass is 16.1. The second-order valence-electron chi connectivity index (χ2n) is 4.57. The maximum atomic E-state index is 12.1. The molecule has 0 N–H and O–H groups in total. The number of aromatic nitrogens is 1. The van der Waals surface area contributed by atoms with Crippen molar-refractivity contribution in [3.8, 4) is 0 Å². The van der Waals surface area contributed by atoms with Gasteiger partial charge in [-0.15, -0.1) is 0 Å². The van der Waals surface area contributed by atoms with Gasteiger partial charge in [-0.2, -0.15) is 0 Å². The smallest absolute Gasteiger partial charge is 0.253 e. The van der Waals surface area contributed by atoms with E-state index in [0.29, 0.717) is 5.92 Å². The number of hydrogen-bond donors (Lipinski definition) is 0. The Kier molecular flexibility index (Phi) is 2.58. The van der Waals surface area contributed by atoms with Crippen molar-refractivity contribution in [1.82, 2.24) is 4.57 Å². The largest absolute Gasteiger partial charge is 0.311 e. The van der Waals surface area contributed by atoms with Gasteiger partial charge in [-0.05, 0) is 24.5 Å². The molecule has 16 heavy (non-hydrogen) atoms. The molecule has 2 rings (SSSR count). The molecule has 0 amide bonds. The fourth-order valence-corrected chi connectivity index (χ4v) is 2.42. The molecule has 0 aliphatic carbocycles. The van der Waals surface area contributed by atoms with Gasteiger partial charge in [-0.1, -0.05) is 32.0 Å². The van der Waals surface area contributed by atoms with Crippen molar-refractivity contribution in [2.45, 2.75) is 26.7 Å². The topological polar surface area (TPSA) is 22.0 Å². The number of nitrogens with zero attached hydrogens (tertiary/aromatic N) is 1. The molecule has 0 spiro atoms. The molecule has 0 saturated heterocycles. The van der Waals surface area contributed by atoms with Crippen LogP contribution in [0.1, 0.15) is 30.9 Å². The first-order valence-corrected chi connectivity index (χ1v) is 5.62. The molecule has 2 nitrogen and oxygen atoms in total. The fourth-order valence-electron chi connectivity index (χ4n) is 2.42. The van der Waals surface area contributed by atoms with Gasteiger partial charge in [-0.3, -0.25) is 4.79 Å². The molecule has 0 bridgehead atoms. The molecule has 0 aliphatic heterocycles. The summed E-state index contributed by atoms with van der Waals surface area (Å²) in [4.78, 5) is 12.1. The molecule has 1 heterocycles. The van der Waals surface area contributed by atoms with E-state index in [1.165, 1.54) is 10.9 Å². The van der Waals surface area contributed by atoms with Crippen LogP contribution in [0.2, 0.25) is 0 Å². The van der Waals surface area contributed by atoms with Gasteiger partial charge in [-0.25, -0.2) is 0 Å². The van der Waals surface area contributed by atoms with Gasteiger partial charge in [0.25, 0.3) is 5.56 Å². The van der Waals surface area contributed by atoms with E-state index in [1.54, 1.807) is 4.57 Å².